The third kappa shape index (κ3) is 4.46. The fourth-order valence-corrected chi connectivity index (χ4v) is 3.33. The van der Waals surface area contributed by atoms with Crippen molar-refractivity contribution in [3.63, 3.8) is 0 Å². The van der Waals surface area contributed by atoms with Gasteiger partial charge in [0.05, 0.1) is 23.4 Å². The second kappa shape index (κ2) is 9.18. The third-order valence-electron chi connectivity index (χ3n) is 4.90. The molecule has 30 heavy (non-hydrogen) atoms. The highest BCUT2D eigenvalue weighted by Gasteiger charge is 2.17. The Morgan fingerprint density at radius 1 is 1.00 bits per heavy atom. The molecule has 0 aliphatic carbocycles. The molecule has 0 aliphatic heterocycles. The van der Waals surface area contributed by atoms with E-state index < -0.39 is 0 Å². The topological polar surface area (TPSA) is 55.3 Å². The Hall–Kier alpha value is -3.73. The number of carbonyl (C=O) groups is 1. The normalized spacial score (nSPS) is 10.7. The maximum Gasteiger partial charge on any atom is 0.254 e. The Morgan fingerprint density at radius 3 is 2.60 bits per heavy atom. The summed E-state index contributed by atoms with van der Waals surface area (Å²) in [6.45, 7) is 1.16. The maximum absolute atomic E-state index is 13.2. The maximum atomic E-state index is 13.2. The van der Waals surface area contributed by atoms with E-state index in [1.807, 2.05) is 79.8 Å². The Balaban J connectivity index is 1.51. The number of aromatic nitrogens is 2. The number of amides is 1. The van der Waals surface area contributed by atoms with E-state index in [1.54, 1.807) is 17.3 Å². The minimum Gasteiger partial charge on any atom is -0.494 e. The number of carbonyl (C=O) groups excluding carboxylic acids is 1. The molecule has 0 unspecified atom stereocenters. The molecule has 2 aromatic heterocycles. The van der Waals surface area contributed by atoms with Gasteiger partial charge in [0.1, 0.15) is 5.75 Å². The molecule has 0 saturated carbocycles. The molecule has 0 saturated heterocycles. The minimum absolute atomic E-state index is 0.0292. The minimum atomic E-state index is -0.0292. The molecular weight excluding hydrogens is 374 g/mol. The van der Waals surface area contributed by atoms with Crippen LogP contribution in [0, 0.1) is 0 Å². The lowest BCUT2D eigenvalue weighted by Crippen LogP contribution is -2.29. The van der Waals surface area contributed by atoms with Crippen molar-refractivity contribution in [2.24, 2.45) is 0 Å². The predicted octanol–water partition coefficient (Wildman–Crippen LogP) is 4.84. The van der Waals surface area contributed by atoms with Crippen molar-refractivity contribution in [3.8, 4) is 17.0 Å². The van der Waals surface area contributed by atoms with Crippen LogP contribution in [-0.4, -0.2) is 41.0 Å². The van der Waals surface area contributed by atoms with Gasteiger partial charge in [-0.15, -0.1) is 0 Å². The Morgan fingerprint density at radius 2 is 1.80 bits per heavy atom. The Kier molecular flexibility index (Phi) is 5.99. The first-order chi connectivity index (χ1) is 14.7. The van der Waals surface area contributed by atoms with Crippen LogP contribution in [0.25, 0.3) is 22.2 Å². The van der Waals surface area contributed by atoms with Crippen molar-refractivity contribution in [3.05, 3.63) is 90.8 Å². The highest BCUT2D eigenvalue weighted by molar-refractivity contribution is 6.07. The van der Waals surface area contributed by atoms with Crippen LogP contribution in [0.3, 0.4) is 0 Å². The van der Waals surface area contributed by atoms with Crippen molar-refractivity contribution in [1.29, 1.82) is 0 Å². The van der Waals surface area contributed by atoms with Crippen LogP contribution < -0.4 is 4.74 Å². The molecule has 2 heterocycles. The number of benzene rings is 2. The van der Waals surface area contributed by atoms with E-state index >= 15 is 0 Å². The van der Waals surface area contributed by atoms with Crippen LogP contribution in [0.2, 0.25) is 0 Å². The Labute approximate surface area is 176 Å². The number of ether oxygens (including phenoxy) is 1. The first-order valence-electron chi connectivity index (χ1n) is 9.96. The standard InChI is InChI=1S/C25H23N3O2/c1-28(15-8-16-30-20-10-3-2-4-11-20)25(29)22-17-24(19-9-7-14-26-18-19)27-23-13-6-5-12-21(22)23/h2-7,9-14,17-18H,8,15-16H2,1H3. The zero-order valence-corrected chi connectivity index (χ0v) is 16.9. The molecule has 5 heteroatoms. The van der Waals surface area contributed by atoms with Gasteiger partial charge in [0.2, 0.25) is 0 Å². The molecule has 0 radical (unpaired) electrons. The van der Waals surface area contributed by atoms with E-state index in [0.29, 0.717) is 18.7 Å². The van der Waals surface area contributed by atoms with Gasteiger partial charge in [0.25, 0.3) is 5.91 Å². The molecule has 2 aromatic carbocycles. The molecule has 5 nitrogen and oxygen atoms in total. The molecule has 4 aromatic rings. The molecule has 4 rings (SSSR count). The average molecular weight is 397 g/mol. The van der Waals surface area contributed by atoms with Crippen molar-refractivity contribution in [2.75, 3.05) is 20.2 Å². The van der Waals surface area contributed by atoms with E-state index in [1.165, 1.54) is 0 Å². The van der Waals surface area contributed by atoms with Crippen LogP contribution in [0.1, 0.15) is 16.8 Å². The number of para-hydroxylation sites is 2. The van der Waals surface area contributed by atoms with E-state index in [2.05, 4.69) is 4.98 Å². The number of hydrogen-bond acceptors (Lipinski definition) is 4. The van der Waals surface area contributed by atoms with E-state index in [-0.39, 0.29) is 5.91 Å². The first-order valence-corrected chi connectivity index (χ1v) is 9.96. The molecule has 150 valence electrons. The molecule has 0 bridgehead atoms. The lowest BCUT2D eigenvalue weighted by molar-refractivity contribution is 0.0790. The second-order valence-corrected chi connectivity index (χ2v) is 7.06. The summed E-state index contributed by atoms with van der Waals surface area (Å²) in [7, 11) is 1.82. The summed E-state index contributed by atoms with van der Waals surface area (Å²) in [4.78, 5) is 23.9. The van der Waals surface area contributed by atoms with Crippen LogP contribution in [0.5, 0.6) is 5.75 Å². The van der Waals surface area contributed by atoms with Gasteiger partial charge in [-0.2, -0.15) is 0 Å². The van der Waals surface area contributed by atoms with Gasteiger partial charge in [-0.3, -0.25) is 9.78 Å². The van der Waals surface area contributed by atoms with Crippen molar-refractivity contribution in [2.45, 2.75) is 6.42 Å². The van der Waals surface area contributed by atoms with Crippen LogP contribution in [-0.2, 0) is 0 Å². The van der Waals surface area contributed by atoms with Crippen LogP contribution in [0.15, 0.2) is 85.2 Å². The van der Waals surface area contributed by atoms with Crippen LogP contribution in [0.4, 0.5) is 0 Å². The largest absolute Gasteiger partial charge is 0.494 e. The van der Waals surface area contributed by atoms with Gasteiger partial charge < -0.3 is 9.64 Å². The number of hydrogen-bond donors (Lipinski definition) is 0. The molecule has 0 N–H and O–H groups in total. The monoisotopic (exact) mass is 397 g/mol. The van der Waals surface area contributed by atoms with Gasteiger partial charge in [-0.25, -0.2) is 4.98 Å². The van der Waals surface area contributed by atoms with Crippen molar-refractivity contribution in [1.82, 2.24) is 14.9 Å². The molecule has 0 fully saturated rings. The smallest absolute Gasteiger partial charge is 0.254 e. The quantitative estimate of drug-likeness (QED) is 0.419. The lowest BCUT2D eigenvalue weighted by Gasteiger charge is -2.19. The van der Waals surface area contributed by atoms with E-state index in [9.17, 15) is 4.79 Å². The summed E-state index contributed by atoms with van der Waals surface area (Å²) in [5.41, 5.74) is 3.07. The van der Waals surface area contributed by atoms with Gasteiger partial charge >= 0.3 is 0 Å². The second-order valence-electron chi connectivity index (χ2n) is 7.06. The summed E-state index contributed by atoms with van der Waals surface area (Å²) >= 11 is 0. The highest BCUT2D eigenvalue weighted by atomic mass is 16.5. The fraction of sp³-hybridized carbons (Fsp3) is 0.160. The number of rotatable bonds is 7. The summed E-state index contributed by atoms with van der Waals surface area (Å²) in [5, 5.41) is 0.850. The van der Waals surface area contributed by atoms with Gasteiger partial charge in [-0.05, 0) is 42.8 Å². The summed E-state index contributed by atoms with van der Waals surface area (Å²) in [5.74, 6) is 0.811. The van der Waals surface area contributed by atoms with E-state index in [4.69, 9.17) is 9.72 Å². The highest BCUT2D eigenvalue weighted by Crippen LogP contribution is 2.25. The SMILES string of the molecule is CN(CCCOc1ccccc1)C(=O)c1cc(-c2cccnc2)nc2ccccc12. The summed E-state index contributed by atoms with van der Waals surface area (Å²) in [6.07, 6.45) is 4.23. The fourth-order valence-electron chi connectivity index (χ4n) is 3.33. The molecule has 0 atom stereocenters. The zero-order valence-electron chi connectivity index (χ0n) is 16.9. The molecular formula is C25H23N3O2. The first kappa shape index (κ1) is 19.6. The number of pyridine rings is 2. The number of nitrogens with zero attached hydrogens (tertiary/aromatic N) is 3. The van der Waals surface area contributed by atoms with Crippen LogP contribution >= 0.6 is 0 Å². The summed E-state index contributed by atoms with van der Waals surface area (Å²) < 4.78 is 5.73. The van der Waals surface area contributed by atoms with Gasteiger partial charge in [0, 0.05) is 36.9 Å². The third-order valence-corrected chi connectivity index (χ3v) is 4.90. The zero-order chi connectivity index (χ0) is 20.8. The van der Waals surface area contributed by atoms with Gasteiger partial charge in [0.15, 0.2) is 0 Å². The van der Waals surface area contributed by atoms with Gasteiger partial charge in [-0.1, -0.05) is 36.4 Å². The molecule has 0 aliphatic rings. The Bertz CT molecular complexity index is 1130. The summed E-state index contributed by atoms with van der Waals surface area (Å²) in [6, 6.07) is 23.1. The average Bonchev–Trinajstić information content (AvgIpc) is 2.81. The molecule has 1 amide bonds. The lowest BCUT2D eigenvalue weighted by atomic mass is 10.0. The predicted molar refractivity (Wildman–Crippen MR) is 118 cm³/mol. The van der Waals surface area contributed by atoms with Crippen molar-refractivity contribution < 1.29 is 9.53 Å². The number of fused-ring (bicyclic) bond motifs is 1. The van der Waals surface area contributed by atoms with Crippen molar-refractivity contribution >= 4 is 16.8 Å². The molecule has 0 spiro atoms. The van der Waals surface area contributed by atoms with E-state index in [0.717, 1.165) is 34.3 Å².